The number of morpholine rings is 3. The zero-order valence-electron chi connectivity index (χ0n) is 56.5. The van der Waals surface area contributed by atoms with Gasteiger partial charge in [-0.15, -0.1) is 6.58 Å². The van der Waals surface area contributed by atoms with Gasteiger partial charge in [0.05, 0.1) is 89.9 Å². The zero-order valence-corrected chi connectivity index (χ0v) is 63.3. The summed E-state index contributed by atoms with van der Waals surface area (Å²) in [4.78, 5) is 26.2. The zero-order chi connectivity index (χ0) is 70.3. The van der Waals surface area contributed by atoms with E-state index in [-0.39, 0.29) is 64.3 Å². The molecule has 7 rings (SSSR count). The monoisotopic (exact) mass is 1640 g/mol. The second kappa shape index (κ2) is 58.8. The van der Waals surface area contributed by atoms with Crippen LogP contribution in [0.1, 0.15) is 49.9 Å². The van der Waals surface area contributed by atoms with Crippen molar-refractivity contribution in [2.45, 2.75) is 121 Å². The predicted octanol–water partition coefficient (Wildman–Crippen LogP) is 11.3. The number of benzene rings is 4. The van der Waals surface area contributed by atoms with Crippen molar-refractivity contribution in [3.05, 3.63) is 169 Å². The number of aldehydes is 2. The Morgan fingerprint density at radius 2 is 1.02 bits per heavy atom. The third kappa shape index (κ3) is 55.4. The minimum Gasteiger partial charge on any atom is 0 e. The van der Waals surface area contributed by atoms with Crippen LogP contribution in [-0.2, 0) is 69.2 Å². The second-order valence-corrected chi connectivity index (χ2v) is 26.8. The van der Waals surface area contributed by atoms with Crippen LogP contribution in [0.4, 0.5) is 26.3 Å². The van der Waals surface area contributed by atoms with Gasteiger partial charge in [-0.3, -0.25) is 14.5 Å². The molecule has 1 unspecified atom stereocenters. The Bertz CT molecular complexity index is 2400. The first-order chi connectivity index (χ1) is 44.4. The number of halogens is 7. The number of rotatable bonds is 24. The van der Waals surface area contributed by atoms with Gasteiger partial charge in [0, 0.05) is 99.4 Å². The SMILES string of the molecule is C=C1CN(C)C[C@H](COCc2ccccc2)O1.C=CCN(C)C[C@@H](O)COCc1ccccc1.CC[SiH](CC)CC.CN1CC(CBr)O[C@@H](COCc2ccccc2)C1.C[C@@H]1CN(C)C[C@H](COCc2ccccc2)O1.O=CC(F)(F)F.O=CC(F)(F)F.[2H][B].[B]=NS.[U]. The van der Waals surface area contributed by atoms with Crippen molar-refractivity contribution in [1.29, 1.82) is 1.34 Å². The molecule has 15 nitrogen and oxygen atoms in total. The molecule has 0 bridgehead atoms. The predicted molar refractivity (Wildman–Crippen MR) is 369 cm³/mol. The summed E-state index contributed by atoms with van der Waals surface area (Å²) in [5.41, 5.74) is 4.73. The summed E-state index contributed by atoms with van der Waals surface area (Å²) in [7, 11) is 16.2. The molecule has 0 spiro atoms. The van der Waals surface area contributed by atoms with Crippen LogP contribution in [-0.4, -0.2) is 225 Å². The summed E-state index contributed by atoms with van der Waals surface area (Å²) in [5.74, 6) is 0.826. The van der Waals surface area contributed by atoms with Gasteiger partial charge in [-0.25, -0.2) is 0 Å². The van der Waals surface area contributed by atoms with Crippen LogP contribution in [0.15, 0.2) is 151 Å². The smallest absolute Gasteiger partial charge is 0 e. The number of aliphatic hydroxyl groups excluding tert-OH is 1. The Morgan fingerprint density at radius 1 is 0.688 bits per heavy atom. The van der Waals surface area contributed by atoms with Gasteiger partial charge in [0.25, 0.3) is 0 Å². The van der Waals surface area contributed by atoms with Gasteiger partial charge in [-0.2, -0.15) is 26.3 Å². The molecule has 3 heterocycles. The van der Waals surface area contributed by atoms with E-state index >= 15 is 0 Å². The van der Waals surface area contributed by atoms with Gasteiger partial charge in [0.1, 0.15) is 11.9 Å². The summed E-state index contributed by atoms with van der Waals surface area (Å²) < 4.78 is 110. The number of nitrogens with zero attached hydrogens (tertiary/aromatic N) is 5. The summed E-state index contributed by atoms with van der Waals surface area (Å²) in [6.45, 7) is 28.4. The van der Waals surface area contributed by atoms with E-state index < -0.39 is 31.0 Å². The number of likely N-dealkylation sites (N-methyl/N-ethyl adjacent to an activating group) is 4. The van der Waals surface area contributed by atoms with Crippen LogP contribution in [0.25, 0.3) is 0 Å². The molecule has 3 saturated heterocycles. The van der Waals surface area contributed by atoms with Gasteiger partial charge in [-0.05, 0) is 58.7 Å². The minimum absolute atomic E-state index is 0. The molecule has 0 amide bonds. The molecule has 3 aliphatic rings. The summed E-state index contributed by atoms with van der Waals surface area (Å²) in [5, 5.41) is 10.6. The van der Waals surface area contributed by atoms with Crippen LogP contribution in [0.2, 0.25) is 18.1 Å². The number of aliphatic hydroxyl groups is 1. The van der Waals surface area contributed by atoms with E-state index in [0.29, 0.717) is 65.5 Å². The number of ether oxygens (including phenoxy) is 7. The van der Waals surface area contributed by atoms with Crippen LogP contribution in [0.5, 0.6) is 0 Å². The van der Waals surface area contributed by atoms with E-state index in [1.54, 1.807) is 0 Å². The number of carbonyl (C=O) groups is 2. The third-order valence-electron chi connectivity index (χ3n) is 13.0. The van der Waals surface area contributed by atoms with Crippen LogP contribution in [0.3, 0.4) is 0 Å². The number of hydrogen-bond donors (Lipinski definition) is 2. The largest absolute Gasteiger partial charge is 0 e. The fraction of sp³-hybridized carbons (Fsp3) is 0.545. The second-order valence-electron chi connectivity index (χ2n) is 21.7. The topological polar surface area (TPSA) is 144 Å². The Hall–Kier alpha value is -3.33. The van der Waals surface area contributed by atoms with Crippen LogP contribution < -0.4 is 0 Å². The standard InChI is InChI=1S/C14H20BrNO2.C14H21NO2.C14H19NO2.C14H21NO2.C6H16Si.2C2HF3O.BHNS.BH.U/c1-16-8-13(7-15)18-14(9-16)11-17-10-12-5-3-2-4-6-12;2*1-12-8-15(2)9-14(17-12)11-16-10-13-6-4-3-5-7-13;1-3-9-15(2)10-14(16)12-17-11-13-7-5-4-6-8-13;1-4-7(5-2)6-3;2*3-2(4,5)1-6;1-2-3;;/h2-6,13-14H,7-11H2,1H3;3-7,12,14H,8-11H2,1-2H3;3-7,14H,1,8-11H2,2H3;3-8,14,16H,1,9-12H2,2H3;7H,4-6H2,1-3H3;2*1H;3H;1H;/t13?,14-;12-,14-;2*14-;;;;;;/m1111....../s1/i;;;;;;;;1D;. The van der Waals surface area contributed by atoms with Gasteiger partial charge in [0.15, 0.2) is 0 Å². The Kier molecular flexibility index (Phi) is 58.0. The van der Waals surface area contributed by atoms with Crippen molar-refractivity contribution in [2.24, 2.45) is 4.30 Å². The molecule has 0 aliphatic carbocycles. The van der Waals surface area contributed by atoms with Gasteiger partial charge in [0.2, 0.25) is 12.6 Å². The van der Waals surface area contributed by atoms with Crippen molar-refractivity contribution in [3.8, 4) is 0 Å². The van der Waals surface area contributed by atoms with Crippen LogP contribution >= 0.6 is 28.7 Å². The van der Waals surface area contributed by atoms with E-state index in [2.05, 4.69) is 162 Å². The molecular formula is C66H101B2BrF6N5O10SSiU. The van der Waals surface area contributed by atoms with Crippen molar-refractivity contribution in [3.63, 3.8) is 0 Å². The molecular weight excluding hydrogens is 1540 g/mol. The van der Waals surface area contributed by atoms with Crippen molar-refractivity contribution in [2.75, 3.05) is 112 Å². The molecule has 3 fully saturated rings. The molecule has 27 heteroatoms. The number of alkyl halides is 7. The van der Waals surface area contributed by atoms with Crippen LogP contribution in [0, 0.1) is 31.1 Å². The molecule has 3 radical (unpaired) electrons. The summed E-state index contributed by atoms with van der Waals surface area (Å²) in [6, 6.07) is 45.1. The van der Waals surface area contributed by atoms with Crippen molar-refractivity contribution in [1.82, 2.24) is 19.6 Å². The first-order valence-electron chi connectivity index (χ1n) is 30.7. The number of thiol groups is 1. The van der Waals surface area contributed by atoms with Crippen molar-refractivity contribution < 1.29 is 105 Å². The average molecular weight is 1640 g/mol. The molecule has 3 aliphatic heterocycles. The molecule has 0 saturated carbocycles. The van der Waals surface area contributed by atoms with Gasteiger partial charge >= 0.3 is 37.1 Å². The van der Waals surface area contributed by atoms with E-state index in [1.807, 2.05) is 103 Å². The molecule has 4 aromatic rings. The fourth-order valence-corrected chi connectivity index (χ4v) is 11.0. The van der Waals surface area contributed by atoms with Gasteiger partial charge < -0.3 is 53.0 Å². The molecule has 4 aromatic carbocycles. The maximum atomic E-state index is 10.4. The first kappa shape index (κ1) is 91.7. The molecule has 0 aromatic heterocycles. The summed E-state index contributed by atoms with van der Waals surface area (Å²) in [6.07, 6.45) is -8.98. The van der Waals surface area contributed by atoms with E-state index in [0.717, 1.165) is 62.5 Å². The molecule has 6 atom stereocenters. The quantitative estimate of drug-likeness (QED) is 0.0171. The van der Waals surface area contributed by atoms with E-state index in [1.165, 1.54) is 34.8 Å². The maximum Gasteiger partial charge on any atom is 0 e. The Morgan fingerprint density at radius 3 is 1.34 bits per heavy atom. The first-order valence-corrected chi connectivity index (χ1v) is 34.1. The molecule has 93 heavy (non-hydrogen) atoms. The number of hydrogen-bond acceptors (Lipinski definition) is 16. The minimum atomic E-state index is -4.64. The van der Waals surface area contributed by atoms with Crippen molar-refractivity contribution >= 4 is 66.1 Å². The molecule has 519 valence electrons. The van der Waals surface area contributed by atoms with E-state index in [9.17, 15) is 31.4 Å². The fourth-order valence-electron chi connectivity index (χ4n) is 8.89. The molecule has 1 N–H and O–H groups in total. The average Bonchev–Trinajstić information content (AvgIpc) is 1.19. The summed E-state index contributed by atoms with van der Waals surface area (Å²) >= 11 is 6.67. The number of carbonyl (C=O) groups excluding carboxylic acids is 2. The third-order valence-corrected chi connectivity index (χ3v) is 17.2. The van der Waals surface area contributed by atoms with E-state index in [4.69, 9.17) is 44.1 Å². The Labute approximate surface area is 594 Å². The maximum absolute atomic E-state index is 10.4. The normalized spacial score (nSPS) is 18.2. The van der Waals surface area contributed by atoms with Gasteiger partial charge in [-0.1, -0.05) is 189 Å². The Balaban J connectivity index is -0.00000105.